The molecule has 0 bridgehead atoms. The number of thiophene rings is 1. The highest BCUT2D eigenvalue weighted by Crippen LogP contribution is 2.33. The summed E-state index contributed by atoms with van der Waals surface area (Å²) in [5, 5.41) is 0. The molecule has 1 aliphatic carbocycles. The van der Waals surface area contributed by atoms with Gasteiger partial charge in [-0.15, -0.1) is 11.3 Å². The van der Waals surface area contributed by atoms with Gasteiger partial charge in [0.2, 0.25) is 10.0 Å². The number of amides is 1. The fourth-order valence-corrected chi connectivity index (χ4v) is 7.58. The summed E-state index contributed by atoms with van der Waals surface area (Å²) >= 11 is 2.62. The predicted octanol–water partition coefficient (Wildman–Crippen LogP) is 3.02. The molecule has 1 aliphatic heterocycles. The standard InChI is InChI=1S/C20H22N4O3S3/c1-13-5-6-16-14(11-13)12-17(28-16)20(25)23-7-9-24(10-8-23)30(26,27)18-4-2-3-15-19(18)22-29-21-15/h2-4,12-13H,5-11H2,1H3. The first kappa shape index (κ1) is 20.0. The highest BCUT2D eigenvalue weighted by atomic mass is 32.2. The Bertz CT molecular complexity index is 1210. The van der Waals surface area contributed by atoms with Crippen molar-refractivity contribution in [2.45, 2.75) is 31.1 Å². The largest absolute Gasteiger partial charge is 0.335 e. The van der Waals surface area contributed by atoms with Crippen molar-refractivity contribution in [3.8, 4) is 0 Å². The SMILES string of the molecule is CC1CCc2sc(C(=O)N3CCN(S(=O)(=O)c4cccc5nsnc45)CC3)cc2C1. The molecular formula is C20H22N4O3S3. The lowest BCUT2D eigenvalue weighted by Gasteiger charge is -2.33. The Labute approximate surface area is 183 Å². The van der Waals surface area contributed by atoms with E-state index in [0.717, 1.165) is 29.4 Å². The van der Waals surface area contributed by atoms with Gasteiger partial charge in [-0.2, -0.15) is 13.1 Å². The second-order valence-corrected chi connectivity index (χ2v) is 11.6. The third-order valence-corrected chi connectivity index (χ3v) is 9.63. The smallest absolute Gasteiger partial charge is 0.264 e. The van der Waals surface area contributed by atoms with Crippen LogP contribution in [-0.4, -0.2) is 58.5 Å². The molecule has 3 heterocycles. The van der Waals surface area contributed by atoms with E-state index in [1.54, 1.807) is 34.4 Å². The predicted molar refractivity (Wildman–Crippen MR) is 118 cm³/mol. The zero-order chi connectivity index (χ0) is 20.9. The summed E-state index contributed by atoms with van der Waals surface area (Å²) in [4.78, 5) is 17.1. The number of benzene rings is 1. The van der Waals surface area contributed by atoms with Crippen molar-refractivity contribution in [2.75, 3.05) is 26.2 Å². The van der Waals surface area contributed by atoms with Crippen molar-refractivity contribution in [1.29, 1.82) is 0 Å². The maximum Gasteiger partial charge on any atom is 0.264 e. The van der Waals surface area contributed by atoms with Gasteiger partial charge in [0.15, 0.2) is 0 Å². The van der Waals surface area contributed by atoms with Crippen LogP contribution in [0.15, 0.2) is 29.2 Å². The third-order valence-electron chi connectivity index (χ3n) is 5.93. The first-order valence-electron chi connectivity index (χ1n) is 10.1. The van der Waals surface area contributed by atoms with Crippen LogP contribution in [0.2, 0.25) is 0 Å². The lowest BCUT2D eigenvalue weighted by Crippen LogP contribution is -2.50. The number of fused-ring (bicyclic) bond motifs is 2. The van der Waals surface area contributed by atoms with Gasteiger partial charge in [-0.1, -0.05) is 13.0 Å². The number of piperazine rings is 1. The van der Waals surface area contributed by atoms with Crippen LogP contribution < -0.4 is 0 Å². The number of rotatable bonds is 3. The summed E-state index contributed by atoms with van der Waals surface area (Å²) in [5.41, 5.74) is 2.32. The molecule has 7 nitrogen and oxygen atoms in total. The number of hydrogen-bond donors (Lipinski definition) is 0. The zero-order valence-corrected chi connectivity index (χ0v) is 19.0. The molecule has 10 heteroatoms. The van der Waals surface area contributed by atoms with Gasteiger partial charge in [-0.25, -0.2) is 8.42 Å². The van der Waals surface area contributed by atoms with Crippen LogP contribution in [0.25, 0.3) is 11.0 Å². The number of carbonyl (C=O) groups is 1. The van der Waals surface area contributed by atoms with E-state index in [-0.39, 0.29) is 23.9 Å². The van der Waals surface area contributed by atoms with Crippen LogP contribution >= 0.6 is 23.1 Å². The Morgan fingerprint density at radius 2 is 1.97 bits per heavy atom. The normalized spacial score (nSPS) is 20.4. The summed E-state index contributed by atoms with van der Waals surface area (Å²) in [5.74, 6) is 0.686. The topological polar surface area (TPSA) is 83.5 Å². The lowest BCUT2D eigenvalue weighted by molar-refractivity contribution is 0.0702. The Kier molecular flexibility index (Phi) is 5.12. The summed E-state index contributed by atoms with van der Waals surface area (Å²) in [6.07, 6.45) is 3.28. The second-order valence-electron chi connectivity index (χ2n) is 7.99. The van der Waals surface area contributed by atoms with E-state index >= 15 is 0 Å². The quantitative estimate of drug-likeness (QED) is 0.597. The number of carbonyl (C=O) groups excluding carboxylic acids is 1. The number of aromatic nitrogens is 2. The molecule has 30 heavy (non-hydrogen) atoms. The van der Waals surface area contributed by atoms with E-state index in [1.807, 2.05) is 0 Å². The second kappa shape index (κ2) is 7.67. The molecule has 0 saturated carbocycles. The fourth-order valence-electron chi connectivity index (χ4n) is 4.23. The van der Waals surface area contributed by atoms with E-state index in [1.165, 1.54) is 21.2 Å². The van der Waals surface area contributed by atoms with Crippen molar-refractivity contribution in [1.82, 2.24) is 18.0 Å². The van der Waals surface area contributed by atoms with Crippen LogP contribution in [0.3, 0.4) is 0 Å². The summed E-state index contributed by atoms with van der Waals surface area (Å²) in [7, 11) is -3.68. The molecule has 0 spiro atoms. The van der Waals surface area contributed by atoms with Crippen LogP contribution in [0.4, 0.5) is 0 Å². The highest BCUT2D eigenvalue weighted by molar-refractivity contribution is 7.89. The van der Waals surface area contributed by atoms with E-state index in [0.29, 0.717) is 30.0 Å². The molecule has 0 radical (unpaired) electrons. The summed E-state index contributed by atoms with van der Waals surface area (Å²) in [6, 6.07) is 7.08. The average molecular weight is 463 g/mol. The molecule has 158 valence electrons. The monoisotopic (exact) mass is 462 g/mol. The minimum absolute atomic E-state index is 0.0184. The van der Waals surface area contributed by atoms with Gasteiger partial charge < -0.3 is 4.90 Å². The average Bonchev–Trinajstić information content (AvgIpc) is 3.39. The minimum atomic E-state index is -3.68. The third kappa shape index (κ3) is 3.45. The maximum atomic E-state index is 13.2. The minimum Gasteiger partial charge on any atom is -0.335 e. The molecule has 5 rings (SSSR count). The molecule has 1 aromatic carbocycles. The van der Waals surface area contributed by atoms with E-state index in [2.05, 4.69) is 21.7 Å². The summed E-state index contributed by atoms with van der Waals surface area (Å²) < 4.78 is 36.1. The van der Waals surface area contributed by atoms with E-state index in [4.69, 9.17) is 0 Å². The Hall–Kier alpha value is -1.88. The Balaban J connectivity index is 1.30. The van der Waals surface area contributed by atoms with Crippen molar-refractivity contribution in [2.24, 2.45) is 5.92 Å². The van der Waals surface area contributed by atoms with Crippen LogP contribution in [-0.2, 0) is 22.9 Å². The maximum absolute atomic E-state index is 13.2. The number of sulfonamides is 1. The molecule has 2 aliphatic rings. The molecule has 1 saturated heterocycles. The van der Waals surface area contributed by atoms with Crippen LogP contribution in [0.5, 0.6) is 0 Å². The van der Waals surface area contributed by atoms with E-state index in [9.17, 15) is 13.2 Å². The highest BCUT2D eigenvalue weighted by Gasteiger charge is 2.33. The number of hydrogen-bond acceptors (Lipinski definition) is 7. The number of aryl methyl sites for hydroxylation is 1. The van der Waals surface area contributed by atoms with Gasteiger partial charge in [-0.05, 0) is 48.9 Å². The Morgan fingerprint density at radius 1 is 1.17 bits per heavy atom. The lowest BCUT2D eigenvalue weighted by atomic mass is 9.90. The summed E-state index contributed by atoms with van der Waals surface area (Å²) in [6.45, 7) is 3.60. The first-order chi connectivity index (χ1) is 14.4. The van der Waals surface area contributed by atoms with Crippen LogP contribution in [0.1, 0.15) is 33.5 Å². The molecular weight excluding hydrogens is 440 g/mol. The van der Waals surface area contributed by atoms with E-state index < -0.39 is 10.0 Å². The van der Waals surface area contributed by atoms with Gasteiger partial charge in [-0.3, -0.25) is 4.79 Å². The van der Waals surface area contributed by atoms with Gasteiger partial charge in [0.05, 0.1) is 16.6 Å². The molecule has 1 unspecified atom stereocenters. The number of nitrogens with zero attached hydrogens (tertiary/aromatic N) is 4. The van der Waals surface area contributed by atoms with Crippen molar-refractivity contribution in [3.05, 3.63) is 39.6 Å². The van der Waals surface area contributed by atoms with Crippen molar-refractivity contribution in [3.63, 3.8) is 0 Å². The van der Waals surface area contributed by atoms with Crippen molar-refractivity contribution >= 4 is 50.0 Å². The molecule has 2 aromatic heterocycles. The molecule has 1 atom stereocenters. The van der Waals surface area contributed by atoms with Gasteiger partial charge in [0, 0.05) is 31.1 Å². The zero-order valence-electron chi connectivity index (χ0n) is 16.6. The van der Waals surface area contributed by atoms with Gasteiger partial charge in [0.25, 0.3) is 5.91 Å². The Morgan fingerprint density at radius 3 is 2.77 bits per heavy atom. The molecule has 1 fully saturated rings. The molecule has 1 amide bonds. The van der Waals surface area contributed by atoms with Gasteiger partial charge in [0.1, 0.15) is 15.9 Å². The van der Waals surface area contributed by atoms with Crippen molar-refractivity contribution < 1.29 is 13.2 Å². The molecule has 3 aromatic rings. The van der Waals surface area contributed by atoms with Crippen LogP contribution in [0, 0.1) is 5.92 Å². The fraction of sp³-hybridized carbons (Fsp3) is 0.450. The van der Waals surface area contributed by atoms with Gasteiger partial charge >= 0.3 is 0 Å². The first-order valence-corrected chi connectivity index (χ1v) is 13.0. The molecule has 0 N–H and O–H groups in total.